The molecule has 2 heterocycles. The number of nitrogens with zero attached hydrogens (tertiary/aromatic N) is 3. The molecule has 0 bridgehead atoms. The number of sulfone groups is 1. The highest BCUT2D eigenvalue weighted by molar-refractivity contribution is 7.91. The lowest BCUT2D eigenvalue weighted by Crippen LogP contribution is -2.05. The molecule has 0 aliphatic heterocycles. The minimum atomic E-state index is -3.92. The number of aromatic nitrogens is 3. The number of halogens is 1. The fraction of sp³-hybridized carbons (Fsp3) is 0. The zero-order chi connectivity index (χ0) is 23.0. The SMILES string of the molecule is O=S(=O)(c1cc2nc3c(nc2cc1Cl)-c1cccc2cccc-3c12)c1cccc2cnccc12. The van der Waals surface area contributed by atoms with E-state index in [2.05, 4.69) is 17.1 Å². The third-order valence-corrected chi connectivity index (χ3v) is 8.63. The number of hydrogen-bond acceptors (Lipinski definition) is 5. The second-order valence-corrected chi connectivity index (χ2v) is 10.6. The van der Waals surface area contributed by atoms with Crippen LogP contribution in [-0.2, 0) is 9.84 Å². The second kappa shape index (κ2) is 6.82. The first-order chi connectivity index (χ1) is 16.5. The number of benzene rings is 4. The molecule has 6 aromatic rings. The second-order valence-electron chi connectivity index (χ2n) is 8.26. The predicted molar refractivity (Wildman–Crippen MR) is 134 cm³/mol. The van der Waals surface area contributed by atoms with Gasteiger partial charge in [0.25, 0.3) is 0 Å². The van der Waals surface area contributed by atoms with E-state index < -0.39 is 9.84 Å². The number of pyridine rings is 1. The zero-order valence-electron chi connectivity index (χ0n) is 17.5. The van der Waals surface area contributed by atoms with Gasteiger partial charge in [0.1, 0.15) is 0 Å². The molecule has 0 saturated carbocycles. The maximum absolute atomic E-state index is 13.7. The van der Waals surface area contributed by atoms with Crippen LogP contribution in [0.5, 0.6) is 0 Å². The topological polar surface area (TPSA) is 72.8 Å². The van der Waals surface area contributed by atoms with Gasteiger partial charge < -0.3 is 0 Å². The van der Waals surface area contributed by atoms with E-state index in [4.69, 9.17) is 21.6 Å². The number of hydrogen-bond donors (Lipinski definition) is 0. The van der Waals surface area contributed by atoms with Gasteiger partial charge in [-0.25, -0.2) is 18.4 Å². The van der Waals surface area contributed by atoms with Crippen LogP contribution >= 0.6 is 11.6 Å². The van der Waals surface area contributed by atoms with Crippen LogP contribution in [0.1, 0.15) is 0 Å². The molecule has 0 atom stereocenters. The van der Waals surface area contributed by atoms with Crippen LogP contribution in [0, 0.1) is 0 Å². The summed E-state index contributed by atoms with van der Waals surface area (Å²) in [5, 5.41) is 3.67. The Bertz CT molecular complexity index is 1940. The Hall–Kier alpha value is -3.87. The minimum Gasteiger partial charge on any atom is -0.264 e. The van der Waals surface area contributed by atoms with Crippen molar-refractivity contribution in [1.82, 2.24) is 15.0 Å². The van der Waals surface area contributed by atoms with Gasteiger partial charge >= 0.3 is 0 Å². The Kier molecular flexibility index (Phi) is 3.93. The van der Waals surface area contributed by atoms with E-state index in [1.165, 1.54) is 6.07 Å². The summed E-state index contributed by atoms with van der Waals surface area (Å²) in [7, 11) is -3.92. The zero-order valence-corrected chi connectivity index (χ0v) is 19.1. The summed E-state index contributed by atoms with van der Waals surface area (Å²) in [4.78, 5) is 14.0. The summed E-state index contributed by atoms with van der Waals surface area (Å²) >= 11 is 6.55. The van der Waals surface area contributed by atoms with Crippen LogP contribution in [0.25, 0.3) is 55.1 Å². The quantitative estimate of drug-likeness (QED) is 0.284. The van der Waals surface area contributed by atoms with Crippen molar-refractivity contribution in [1.29, 1.82) is 0 Å². The maximum atomic E-state index is 13.7. The first-order valence-corrected chi connectivity index (χ1v) is 12.5. The number of rotatable bonds is 2. The molecule has 0 amide bonds. The van der Waals surface area contributed by atoms with Gasteiger partial charge in [0, 0.05) is 39.7 Å². The molecule has 0 fully saturated rings. The van der Waals surface area contributed by atoms with Crippen molar-refractivity contribution in [2.24, 2.45) is 0 Å². The monoisotopic (exact) mass is 479 g/mol. The van der Waals surface area contributed by atoms with E-state index in [1.807, 2.05) is 30.3 Å². The Morgan fingerprint density at radius 3 is 2.09 bits per heavy atom. The lowest BCUT2D eigenvalue weighted by atomic mass is 10.0. The summed E-state index contributed by atoms with van der Waals surface area (Å²) in [5.41, 5.74) is 4.59. The minimum absolute atomic E-state index is 0.00829. The molecule has 2 aromatic heterocycles. The Labute approximate surface area is 199 Å². The molecule has 0 unspecified atom stereocenters. The summed E-state index contributed by atoms with van der Waals surface area (Å²) in [6, 6.07) is 22.1. The van der Waals surface area contributed by atoms with E-state index >= 15 is 0 Å². The maximum Gasteiger partial charge on any atom is 0.208 e. The highest BCUT2D eigenvalue weighted by atomic mass is 35.5. The molecule has 162 valence electrons. The first kappa shape index (κ1) is 19.6. The van der Waals surface area contributed by atoms with E-state index in [9.17, 15) is 8.42 Å². The van der Waals surface area contributed by atoms with Gasteiger partial charge in [-0.05, 0) is 29.7 Å². The normalized spacial score (nSPS) is 12.5. The van der Waals surface area contributed by atoms with Crippen LogP contribution in [0.15, 0.2) is 95.0 Å². The summed E-state index contributed by atoms with van der Waals surface area (Å²) in [6.45, 7) is 0. The lowest BCUT2D eigenvalue weighted by molar-refractivity contribution is 0.597. The van der Waals surface area contributed by atoms with Crippen LogP contribution in [-0.4, -0.2) is 23.4 Å². The molecular formula is C27H14ClN3O2S. The van der Waals surface area contributed by atoms with Gasteiger partial charge in [0.05, 0.1) is 37.2 Å². The largest absolute Gasteiger partial charge is 0.264 e. The molecule has 0 saturated heterocycles. The van der Waals surface area contributed by atoms with Crippen molar-refractivity contribution in [2.75, 3.05) is 0 Å². The lowest BCUT2D eigenvalue weighted by Gasteiger charge is -2.11. The van der Waals surface area contributed by atoms with Crippen molar-refractivity contribution in [3.63, 3.8) is 0 Å². The smallest absolute Gasteiger partial charge is 0.208 e. The molecule has 1 aliphatic carbocycles. The first-order valence-electron chi connectivity index (χ1n) is 10.6. The van der Waals surface area contributed by atoms with Crippen molar-refractivity contribution >= 4 is 54.0 Å². The molecule has 0 spiro atoms. The van der Waals surface area contributed by atoms with Gasteiger partial charge in [-0.1, -0.05) is 60.1 Å². The van der Waals surface area contributed by atoms with Crippen LogP contribution in [0.3, 0.4) is 0 Å². The van der Waals surface area contributed by atoms with E-state index in [0.29, 0.717) is 16.4 Å². The Morgan fingerprint density at radius 1 is 0.706 bits per heavy atom. The third kappa shape index (κ3) is 2.61. The fourth-order valence-electron chi connectivity index (χ4n) is 4.82. The van der Waals surface area contributed by atoms with Crippen molar-refractivity contribution in [3.05, 3.63) is 90.2 Å². The summed E-state index contributed by atoms with van der Waals surface area (Å²) < 4.78 is 27.5. The average molecular weight is 480 g/mol. The molecule has 4 aromatic carbocycles. The average Bonchev–Trinajstić information content (AvgIpc) is 3.16. The molecule has 7 heteroatoms. The molecule has 1 aliphatic rings. The summed E-state index contributed by atoms with van der Waals surface area (Å²) in [5.74, 6) is 0. The van der Waals surface area contributed by atoms with Crippen LogP contribution < -0.4 is 0 Å². The highest BCUT2D eigenvalue weighted by Crippen LogP contribution is 2.46. The Balaban J connectivity index is 1.48. The van der Waals surface area contributed by atoms with Gasteiger partial charge in [-0.3, -0.25) is 4.98 Å². The Morgan fingerprint density at radius 2 is 1.35 bits per heavy atom. The van der Waals surface area contributed by atoms with Gasteiger partial charge in [0.2, 0.25) is 9.84 Å². The van der Waals surface area contributed by atoms with E-state index in [1.54, 1.807) is 36.7 Å². The third-order valence-electron chi connectivity index (χ3n) is 6.35. The van der Waals surface area contributed by atoms with Crippen molar-refractivity contribution in [3.8, 4) is 22.5 Å². The predicted octanol–water partition coefficient (Wildman–Crippen LogP) is 6.46. The molecule has 7 rings (SSSR count). The summed E-state index contributed by atoms with van der Waals surface area (Å²) in [6.07, 6.45) is 3.22. The van der Waals surface area contributed by atoms with Gasteiger partial charge in [-0.15, -0.1) is 0 Å². The van der Waals surface area contributed by atoms with E-state index in [0.717, 1.165) is 38.7 Å². The van der Waals surface area contributed by atoms with Crippen molar-refractivity contribution in [2.45, 2.75) is 9.79 Å². The highest BCUT2D eigenvalue weighted by Gasteiger charge is 2.27. The van der Waals surface area contributed by atoms with Gasteiger partial charge in [0.15, 0.2) is 0 Å². The molecule has 5 nitrogen and oxygen atoms in total. The van der Waals surface area contributed by atoms with Crippen LogP contribution in [0.2, 0.25) is 5.02 Å². The molecule has 0 N–H and O–H groups in total. The van der Waals surface area contributed by atoms with Gasteiger partial charge in [-0.2, -0.15) is 0 Å². The molecule has 0 radical (unpaired) electrons. The van der Waals surface area contributed by atoms with E-state index in [-0.39, 0.29) is 14.8 Å². The van der Waals surface area contributed by atoms with Crippen LogP contribution in [0.4, 0.5) is 0 Å². The van der Waals surface area contributed by atoms with Crippen molar-refractivity contribution < 1.29 is 8.42 Å². The fourth-order valence-corrected chi connectivity index (χ4v) is 6.84. The molecular weight excluding hydrogens is 466 g/mol. The number of fused-ring (bicyclic) bond motifs is 5. The molecule has 34 heavy (non-hydrogen) atoms. The standard InChI is InChI=1S/C27H14ClN3O2S/c28-20-12-21-22(13-24(20)34(32,33)23-9-3-6-16-14-29-11-10-17(16)23)31-27-19-8-2-5-15-4-1-7-18(25(15)19)26(27)30-21/h1-14H.